The molecule has 0 radical (unpaired) electrons. The zero-order valence-electron chi connectivity index (χ0n) is 9.77. The van der Waals surface area contributed by atoms with Crippen molar-refractivity contribution in [2.45, 2.75) is 37.2 Å². The van der Waals surface area contributed by atoms with Gasteiger partial charge in [0.2, 0.25) is 5.91 Å². The first kappa shape index (κ1) is 11.6. The predicted molar refractivity (Wildman–Crippen MR) is 68.5 cm³/mol. The molecule has 0 aliphatic carbocycles. The highest BCUT2D eigenvalue weighted by Gasteiger charge is 2.50. The molecule has 2 atom stereocenters. The lowest BCUT2D eigenvalue weighted by atomic mass is 9.88. The fraction of sp³-hybridized carbons (Fsp3) is 0.462. The van der Waals surface area contributed by atoms with Gasteiger partial charge in [0, 0.05) is 5.54 Å². The summed E-state index contributed by atoms with van der Waals surface area (Å²) in [5, 5.41) is 0. The van der Waals surface area contributed by atoms with Gasteiger partial charge in [-0.1, -0.05) is 46.3 Å². The second-order valence-electron chi connectivity index (χ2n) is 5.14. The summed E-state index contributed by atoms with van der Waals surface area (Å²) < 4.78 is 0. The summed E-state index contributed by atoms with van der Waals surface area (Å²) >= 11 is 3.47. The van der Waals surface area contributed by atoms with Crippen molar-refractivity contribution in [2.24, 2.45) is 0 Å². The number of nitrogens with zero attached hydrogens (tertiary/aromatic N) is 1. The Hall–Kier alpha value is -0.830. The van der Waals surface area contributed by atoms with Crippen molar-refractivity contribution in [3.8, 4) is 0 Å². The molecule has 1 heterocycles. The van der Waals surface area contributed by atoms with Crippen LogP contribution in [0.25, 0.3) is 0 Å². The zero-order chi connectivity index (χ0) is 11.9. The first-order chi connectivity index (χ1) is 7.43. The third-order valence-electron chi connectivity index (χ3n) is 2.89. The van der Waals surface area contributed by atoms with Crippen molar-refractivity contribution in [2.75, 3.05) is 0 Å². The zero-order valence-corrected chi connectivity index (χ0v) is 11.4. The van der Waals surface area contributed by atoms with E-state index in [1.165, 1.54) is 5.56 Å². The molecular formula is C13H16BrNO. The number of hydrogen-bond acceptors (Lipinski definition) is 1. The van der Waals surface area contributed by atoms with Gasteiger partial charge in [0.25, 0.3) is 0 Å². The lowest BCUT2D eigenvalue weighted by Crippen LogP contribution is -2.62. The van der Waals surface area contributed by atoms with Crippen LogP contribution >= 0.6 is 15.9 Å². The van der Waals surface area contributed by atoms with E-state index in [1.807, 2.05) is 23.1 Å². The van der Waals surface area contributed by atoms with E-state index in [4.69, 9.17) is 0 Å². The normalized spacial score (nSPS) is 25.5. The summed E-state index contributed by atoms with van der Waals surface area (Å²) in [5.41, 5.74) is 1.07. The Balaban J connectivity index is 2.31. The number of benzene rings is 1. The second-order valence-corrected chi connectivity index (χ2v) is 6.12. The summed E-state index contributed by atoms with van der Waals surface area (Å²) in [4.78, 5) is 13.7. The fourth-order valence-electron chi connectivity index (χ4n) is 2.17. The Morgan fingerprint density at radius 2 is 1.75 bits per heavy atom. The van der Waals surface area contributed by atoms with E-state index in [9.17, 15) is 4.79 Å². The molecule has 2 nitrogen and oxygen atoms in total. The average molecular weight is 282 g/mol. The van der Waals surface area contributed by atoms with Gasteiger partial charge < -0.3 is 4.90 Å². The SMILES string of the molecule is CC(C)(C)N1C(=O)C(Br)C1c1ccccc1. The van der Waals surface area contributed by atoms with Crippen LogP contribution in [0.2, 0.25) is 0 Å². The van der Waals surface area contributed by atoms with E-state index < -0.39 is 0 Å². The Labute approximate surface area is 105 Å². The number of halogens is 1. The molecule has 1 amide bonds. The highest BCUT2D eigenvalue weighted by molar-refractivity contribution is 9.10. The van der Waals surface area contributed by atoms with Gasteiger partial charge >= 0.3 is 0 Å². The molecule has 0 saturated carbocycles. The number of alkyl halides is 1. The van der Waals surface area contributed by atoms with Gasteiger partial charge in [0.1, 0.15) is 4.83 Å². The van der Waals surface area contributed by atoms with Gasteiger partial charge in [0.05, 0.1) is 6.04 Å². The van der Waals surface area contributed by atoms with Crippen LogP contribution in [0.3, 0.4) is 0 Å². The topological polar surface area (TPSA) is 20.3 Å². The van der Waals surface area contributed by atoms with Gasteiger partial charge in [-0.3, -0.25) is 4.79 Å². The molecule has 1 aliphatic rings. The van der Waals surface area contributed by atoms with Crippen molar-refractivity contribution in [3.63, 3.8) is 0 Å². The smallest absolute Gasteiger partial charge is 0.239 e. The number of hydrogen-bond donors (Lipinski definition) is 0. The fourth-order valence-corrected chi connectivity index (χ4v) is 2.93. The minimum absolute atomic E-state index is 0.0749. The minimum Gasteiger partial charge on any atom is -0.328 e. The summed E-state index contributed by atoms with van der Waals surface area (Å²) in [7, 11) is 0. The third-order valence-corrected chi connectivity index (χ3v) is 3.78. The Morgan fingerprint density at radius 3 is 2.25 bits per heavy atom. The molecule has 1 aromatic carbocycles. The molecule has 0 N–H and O–H groups in total. The van der Waals surface area contributed by atoms with Crippen molar-refractivity contribution in [3.05, 3.63) is 35.9 Å². The second kappa shape index (κ2) is 3.88. The summed E-state index contributed by atoms with van der Waals surface area (Å²) in [6, 6.07) is 10.3. The average Bonchev–Trinajstić information content (AvgIpc) is 2.23. The molecular weight excluding hydrogens is 266 g/mol. The molecule has 1 aromatic rings. The number of amides is 1. The number of carbonyl (C=O) groups is 1. The van der Waals surface area contributed by atoms with Crippen LogP contribution in [0.5, 0.6) is 0 Å². The highest BCUT2D eigenvalue weighted by atomic mass is 79.9. The number of likely N-dealkylation sites (tertiary alicyclic amines) is 1. The van der Waals surface area contributed by atoms with Crippen molar-refractivity contribution < 1.29 is 4.79 Å². The Kier molecular flexibility index (Phi) is 2.82. The van der Waals surface area contributed by atoms with E-state index in [1.54, 1.807) is 0 Å². The standard InChI is InChI=1S/C13H16BrNO/c1-13(2,3)15-11(10(14)12(15)16)9-7-5-4-6-8-9/h4-8,10-11H,1-3H3. The largest absolute Gasteiger partial charge is 0.328 e. The minimum atomic E-state index is -0.123. The molecule has 2 unspecified atom stereocenters. The molecule has 2 rings (SSSR count). The molecule has 0 aromatic heterocycles. The quantitative estimate of drug-likeness (QED) is 0.572. The number of rotatable bonds is 1. The van der Waals surface area contributed by atoms with Gasteiger partial charge in [-0.2, -0.15) is 0 Å². The van der Waals surface area contributed by atoms with Crippen LogP contribution in [-0.2, 0) is 4.79 Å². The maximum absolute atomic E-state index is 11.9. The van der Waals surface area contributed by atoms with Gasteiger partial charge in [-0.05, 0) is 26.3 Å². The Bertz CT molecular complexity index is 396. The molecule has 3 heteroatoms. The lowest BCUT2D eigenvalue weighted by molar-refractivity contribution is -0.152. The van der Waals surface area contributed by atoms with Gasteiger partial charge in [0.15, 0.2) is 0 Å². The maximum atomic E-state index is 11.9. The van der Waals surface area contributed by atoms with E-state index in [0.717, 1.165) is 0 Å². The van der Waals surface area contributed by atoms with E-state index in [-0.39, 0.29) is 22.3 Å². The molecule has 1 aliphatic heterocycles. The predicted octanol–water partition coefficient (Wildman–Crippen LogP) is 3.13. The summed E-state index contributed by atoms with van der Waals surface area (Å²) in [5.74, 6) is 0.182. The van der Waals surface area contributed by atoms with Gasteiger partial charge in [-0.15, -0.1) is 0 Å². The third kappa shape index (κ3) is 1.77. The summed E-state index contributed by atoms with van der Waals surface area (Å²) in [6.45, 7) is 6.21. The molecule has 16 heavy (non-hydrogen) atoms. The Morgan fingerprint density at radius 1 is 1.19 bits per heavy atom. The first-order valence-electron chi connectivity index (χ1n) is 5.45. The molecule has 1 fully saturated rings. The van der Waals surface area contributed by atoms with Crippen molar-refractivity contribution >= 4 is 21.8 Å². The molecule has 1 saturated heterocycles. The monoisotopic (exact) mass is 281 g/mol. The molecule has 0 bridgehead atoms. The van der Waals surface area contributed by atoms with Crippen LogP contribution in [0.1, 0.15) is 32.4 Å². The number of β-lactam (4-membered cyclic amide) rings is 1. The lowest BCUT2D eigenvalue weighted by Gasteiger charge is -2.52. The van der Waals surface area contributed by atoms with Gasteiger partial charge in [-0.25, -0.2) is 0 Å². The van der Waals surface area contributed by atoms with Crippen molar-refractivity contribution in [1.29, 1.82) is 0 Å². The van der Waals surface area contributed by atoms with E-state index in [2.05, 4.69) is 48.8 Å². The van der Waals surface area contributed by atoms with E-state index in [0.29, 0.717) is 0 Å². The molecule has 0 spiro atoms. The van der Waals surface area contributed by atoms with Crippen molar-refractivity contribution in [1.82, 2.24) is 4.90 Å². The van der Waals surface area contributed by atoms with Crippen LogP contribution < -0.4 is 0 Å². The first-order valence-corrected chi connectivity index (χ1v) is 6.36. The van der Waals surface area contributed by atoms with E-state index >= 15 is 0 Å². The highest BCUT2D eigenvalue weighted by Crippen LogP contribution is 2.43. The molecule has 86 valence electrons. The van der Waals surface area contributed by atoms with Crippen LogP contribution in [0.15, 0.2) is 30.3 Å². The van der Waals surface area contributed by atoms with Crippen LogP contribution in [-0.4, -0.2) is 21.2 Å². The maximum Gasteiger partial charge on any atom is 0.239 e. The van der Waals surface area contributed by atoms with Crippen LogP contribution in [0, 0.1) is 0 Å². The van der Waals surface area contributed by atoms with Crippen LogP contribution in [0.4, 0.5) is 0 Å². The number of carbonyl (C=O) groups excluding carboxylic acids is 1. The summed E-state index contributed by atoms with van der Waals surface area (Å²) in [6.07, 6.45) is 0.